The molecule has 1 amide bonds. The second-order valence-corrected chi connectivity index (χ2v) is 6.02. The largest absolute Gasteiger partial charge is 0.464 e. The van der Waals surface area contributed by atoms with Gasteiger partial charge < -0.3 is 5.11 Å². The molecular formula is C14H9ClF3N3O3S. The molecule has 0 spiro atoms. The van der Waals surface area contributed by atoms with E-state index in [0.717, 1.165) is 18.2 Å². The van der Waals surface area contributed by atoms with Gasteiger partial charge in [0.15, 0.2) is 6.29 Å². The lowest BCUT2D eigenvalue weighted by Crippen LogP contribution is -2.24. The highest BCUT2D eigenvalue weighted by molar-refractivity contribution is 7.97. The molecule has 6 nitrogen and oxygen atoms in total. The summed E-state index contributed by atoms with van der Waals surface area (Å²) in [7, 11) is 0. The highest BCUT2D eigenvalue weighted by atomic mass is 35.5. The Hall–Kier alpha value is -2.33. The molecule has 0 unspecified atom stereocenters. The number of carboxylic acid groups (broad SMARTS) is 1. The normalized spacial score (nSPS) is 11.2. The molecule has 1 aromatic carbocycles. The van der Waals surface area contributed by atoms with Crippen molar-refractivity contribution in [2.45, 2.75) is 17.7 Å². The first-order valence-corrected chi connectivity index (χ1v) is 7.67. The van der Waals surface area contributed by atoms with Gasteiger partial charge in [0.05, 0.1) is 12.1 Å². The number of nitrogens with zero attached hydrogens (tertiary/aromatic N) is 3. The molecule has 0 aliphatic rings. The average Bonchev–Trinajstić information content (AvgIpc) is 2.53. The van der Waals surface area contributed by atoms with E-state index in [1.54, 1.807) is 0 Å². The zero-order valence-corrected chi connectivity index (χ0v) is 13.8. The fourth-order valence-electron chi connectivity index (χ4n) is 1.85. The summed E-state index contributed by atoms with van der Waals surface area (Å²) in [5, 5.41) is 9.26. The Morgan fingerprint density at radius 2 is 2.00 bits per heavy atom. The molecule has 0 saturated heterocycles. The van der Waals surface area contributed by atoms with E-state index in [1.165, 1.54) is 12.4 Å². The first-order chi connectivity index (χ1) is 11.7. The standard InChI is InChI=1S/C14H9ClF3N3O3S/c15-9-1-2-10(14(16,17)18)8(5-9)6-21(13(23)24)25-12-11(7-22)19-3-4-20-12/h1-5,7H,6H2,(H,23,24). The van der Waals surface area contributed by atoms with Gasteiger partial charge in [0.25, 0.3) is 0 Å². The molecular weight excluding hydrogens is 383 g/mol. The zero-order valence-electron chi connectivity index (χ0n) is 12.2. The van der Waals surface area contributed by atoms with Gasteiger partial charge in [-0.15, -0.1) is 0 Å². The van der Waals surface area contributed by atoms with E-state index < -0.39 is 24.4 Å². The van der Waals surface area contributed by atoms with Crippen molar-refractivity contribution in [2.24, 2.45) is 0 Å². The van der Waals surface area contributed by atoms with Crippen LogP contribution in [0.5, 0.6) is 0 Å². The fraction of sp³-hybridized carbons (Fsp3) is 0.143. The summed E-state index contributed by atoms with van der Waals surface area (Å²) in [6.07, 6.45) is -3.35. The molecule has 2 rings (SSSR count). The smallest absolute Gasteiger partial charge is 0.418 e. The number of halogens is 4. The predicted octanol–water partition coefficient (Wildman–Crippen LogP) is 4.15. The second kappa shape index (κ2) is 7.70. The Morgan fingerprint density at radius 1 is 1.32 bits per heavy atom. The van der Waals surface area contributed by atoms with E-state index in [9.17, 15) is 27.9 Å². The van der Waals surface area contributed by atoms with Crippen molar-refractivity contribution in [3.63, 3.8) is 0 Å². The number of aldehydes is 1. The Kier molecular flexibility index (Phi) is 5.85. The van der Waals surface area contributed by atoms with Crippen LogP contribution < -0.4 is 0 Å². The minimum absolute atomic E-state index is 0.0337. The number of amides is 1. The molecule has 25 heavy (non-hydrogen) atoms. The van der Waals surface area contributed by atoms with Crippen LogP contribution in [0.4, 0.5) is 18.0 Å². The first kappa shape index (κ1) is 19.0. The van der Waals surface area contributed by atoms with Crippen LogP contribution >= 0.6 is 23.5 Å². The zero-order chi connectivity index (χ0) is 18.6. The molecule has 0 radical (unpaired) electrons. The van der Waals surface area contributed by atoms with Crippen molar-refractivity contribution in [2.75, 3.05) is 0 Å². The van der Waals surface area contributed by atoms with E-state index in [1.807, 2.05) is 0 Å². The number of carbonyl (C=O) groups is 2. The van der Waals surface area contributed by atoms with Crippen LogP contribution in [0, 0.1) is 0 Å². The van der Waals surface area contributed by atoms with Crippen molar-refractivity contribution in [3.05, 3.63) is 52.4 Å². The number of rotatable bonds is 5. The number of hydrogen-bond donors (Lipinski definition) is 1. The highest BCUT2D eigenvalue weighted by Gasteiger charge is 2.34. The van der Waals surface area contributed by atoms with Crippen LogP contribution in [-0.4, -0.2) is 31.8 Å². The van der Waals surface area contributed by atoms with Gasteiger partial charge in [-0.25, -0.2) is 19.1 Å². The van der Waals surface area contributed by atoms with Crippen LogP contribution in [-0.2, 0) is 12.7 Å². The van der Waals surface area contributed by atoms with Gasteiger partial charge >= 0.3 is 12.3 Å². The van der Waals surface area contributed by atoms with Crippen molar-refractivity contribution in [1.29, 1.82) is 0 Å². The van der Waals surface area contributed by atoms with Gasteiger partial charge in [-0.1, -0.05) is 11.6 Å². The van der Waals surface area contributed by atoms with E-state index >= 15 is 0 Å². The molecule has 1 heterocycles. The van der Waals surface area contributed by atoms with Gasteiger partial charge in [-0.2, -0.15) is 13.2 Å². The topological polar surface area (TPSA) is 83.4 Å². The highest BCUT2D eigenvalue weighted by Crippen LogP contribution is 2.35. The van der Waals surface area contributed by atoms with E-state index in [2.05, 4.69) is 9.97 Å². The maximum atomic E-state index is 13.1. The number of alkyl halides is 3. The van der Waals surface area contributed by atoms with Gasteiger partial charge in [0.1, 0.15) is 10.7 Å². The molecule has 0 saturated carbocycles. The lowest BCUT2D eigenvalue weighted by atomic mass is 10.1. The Labute approximate surface area is 148 Å². The predicted molar refractivity (Wildman–Crippen MR) is 83.3 cm³/mol. The van der Waals surface area contributed by atoms with Crippen LogP contribution in [0.2, 0.25) is 5.02 Å². The van der Waals surface area contributed by atoms with Crippen molar-refractivity contribution >= 4 is 35.9 Å². The quantitative estimate of drug-likeness (QED) is 0.609. The monoisotopic (exact) mass is 391 g/mol. The van der Waals surface area contributed by atoms with Crippen molar-refractivity contribution in [3.8, 4) is 0 Å². The molecule has 0 aliphatic carbocycles. The summed E-state index contributed by atoms with van der Waals surface area (Å²) in [5.74, 6) is 0. The molecule has 1 aromatic heterocycles. The van der Waals surface area contributed by atoms with Crippen molar-refractivity contribution < 1.29 is 27.9 Å². The summed E-state index contributed by atoms with van der Waals surface area (Å²) in [5.41, 5.74) is -1.45. The van der Waals surface area contributed by atoms with E-state index in [0.29, 0.717) is 22.5 Å². The summed E-state index contributed by atoms with van der Waals surface area (Å²) in [6, 6.07) is 2.89. The molecule has 1 N–H and O–H groups in total. The molecule has 0 bridgehead atoms. The number of benzene rings is 1. The summed E-state index contributed by atoms with van der Waals surface area (Å²) < 4.78 is 39.9. The molecule has 0 atom stereocenters. The average molecular weight is 392 g/mol. The minimum atomic E-state index is -4.67. The van der Waals surface area contributed by atoms with Crippen LogP contribution in [0.15, 0.2) is 35.6 Å². The number of aromatic nitrogens is 2. The van der Waals surface area contributed by atoms with Crippen LogP contribution in [0.25, 0.3) is 0 Å². The summed E-state index contributed by atoms with van der Waals surface area (Å²) in [6.45, 7) is -0.621. The first-order valence-electron chi connectivity index (χ1n) is 6.52. The molecule has 132 valence electrons. The summed E-state index contributed by atoms with van der Waals surface area (Å²) in [4.78, 5) is 29.9. The fourth-order valence-corrected chi connectivity index (χ4v) is 2.84. The van der Waals surface area contributed by atoms with Gasteiger partial charge in [-0.3, -0.25) is 4.79 Å². The Bertz CT molecular complexity index is 804. The third kappa shape index (κ3) is 4.83. The third-order valence-corrected chi connectivity index (χ3v) is 4.13. The van der Waals surface area contributed by atoms with Gasteiger partial charge in [0, 0.05) is 29.4 Å². The lowest BCUT2D eigenvalue weighted by Gasteiger charge is -2.20. The minimum Gasteiger partial charge on any atom is -0.464 e. The Balaban J connectivity index is 2.36. The molecule has 2 aromatic rings. The van der Waals surface area contributed by atoms with E-state index in [-0.39, 0.29) is 21.3 Å². The molecule has 11 heteroatoms. The van der Waals surface area contributed by atoms with Crippen LogP contribution in [0.3, 0.4) is 0 Å². The SMILES string of the molecule is O=Cc1nccnc1SN(Cc1cc(Cl)ccc1C(F)(F)F)C(=O)O. The lowest BCUT2D eigenvalue weighted by molar-refractivity contribution is -0.138. The Morgan fingerprint density at radius 3 is 2.60 bits per heavy atom. The third-order valence-electron chi connectivity index (χ3n) is 2.90. The maximum absolute atomic E-state index is 13.1. The second-order valence-electron chi connectivity index (χ2n) is 4.57. The van der Waals surface area contributed by atoms with Gasteiger partial charge in [0.2, 0.25) is 0 Å². The van der Waals surface area contributed by atoms with E-state index in [4.69, 9.17) is 11.6 Å². The van der Waals surface area contributed by atoms with Crippen LogP contribution in [0.1, 0.15) is 21.6 Å². The number of carbonyl (C=O) groups excluding carboxylic acids is 1. The maximum Gasteiger partial charge on any atom is 0.418 e. The van der Waals surface area contributed by atoms with Gasteiger partial charge in [-0.05, 0) is 23.8 Å². The summed E-state index contributed by atoms with van der Waals surface area (Å²) >= 11 is 6.22. The van der Waals surface area contributed by atoms with Crippen molar-refractivity contribution in [1.82, 2.24) is 14.3 Å². The molecule has 0 aliphatic heterocycles. The number of hydrogen-bond acceptors (Lipinski definition) is 5. The molecule has 0 fully saturated rings.